The summed E-state index contributed by atoms with van der Waals surface area (Å²) in [6, 6.07) is 9.38. The molecule has 0 saturated carbocycles. The molecule has 0 aliphatic carbocycles. The molecule has 0 bridgehead atoms. The fourth-order valence-electron chi connectivity index (χ4n) is 3.78. The van der Waals surface area contributed by atoms with Crippen LogP contribution in [0.25, 0.3) is 16.9 Å². The van der Waals surface area contributed by atoms with E-state index in [2.05, 4.69) is 5.32 Å². The van der Waals surface area contributed by atoms with E-state index in [4.69, 9.17) is 42.5 Å². The van der Waals surface area contributed by atoms with Gasteiger partial charge >= 0.3 is 0 Å². The lowest BCUT2D eigenvalue weighted by atomic mass is 10.0. The summed E-state index contributed by atoms with van der Waals surface area (Å²) in [5.74, 6) is 2.64. The minimum Gasteiger partial charge on any atom is -0.493 e. The highest BCUT2D eigenvalue weighted by molar-refractivity contribution is 6.43. The van der Waals surface area contributed by atoms with Gasteiger partial charge in [0.25, 0.3) is 0 Å². The Morgan fingerprint density at radius 3 is 2.40 bits per heavy atom. The van der Waals surface area contributed by atoms with Gasteiger partial charge in [-0.3, -0.25) is 0 Å². The summed E-state index contributed by atoms with van der Waals surface area (Å²) in [5, 5.41) is 9.41. The molecule has 2 aromatic carbocycles. The Morgan fingerprint density at radius 1 is 1.00 bits per heavy atom. The molecule has 158 valence electrons. The second-order valence-electron chi connectivity index (χ2n) is 6.96. The average Bonchev–Trinajstić information content (AvgIpc) is 2.94. The van der Waals surface area contributed by atoms with Crippen LogP contribution in [-0.2, 0) is 6.42 Å². The molecule has 1 aromatic heterocycles. The number of methoxy groups -OCH3 is 3. The number of rotatable bonds is 5. The summed E-state index contributed by atoms with van der Waals surface area (Å²) in [6.07, 6.45) is 3.03. The zero-order valence-corrected chi connectivity index (χ0v) is 18.6. The molecule has 6 nitrogen and oxygen atoms in total. The maximum absolute atomic E-state index is 6.52. The van der Waals surface area contributed by atoms with Crippen molar-refractivity contribution in [3.63, 3.8) is 0 Å². The molecule has 3 aromatic rings. The second kappa shape index (κ2) is 8.66. The smallest absolute Gasteiger partial charge is 0.203 e. The Balaban J connectivity index is 1.96. The van der Waals surface area contributed by atoms with E-state index >= 15 is 0 Å². The van der Waals surface area contributed by atoms with Gasteiger partial charge in [-0.1, -0.05) is 29.3 Å². The Bertz CT molecular complexity index is 1060. The summed E-state index contributed by atoms with van der Waals surface area (Å²) in [4.78, 5) is 0. The summed E-state index contributed by atoms with van der Waals surface area (Å²) in [7, 11) is 4.80. The van der Waals surface area contributed by atoms with Crippen molar-refractivity contribution in [3.8, 4) is 34.2 Å². The highest BCUT2D eigenvalue weighted by Gasteiger charge is 2.25. The van der Waals surface area contributed by atoms with Crippen LogP contribution in [0.1, 0.15) is 18.4 Å². The van der Waals surface area contributed by atoms with Crippen LogP contribution < -0.4 is 19.5 Å². The van der Waals surface area contributed by atoms with E-state index < -0.39 is 0 Å². The number of halogens is 2. The highest BCUT2D eigenvalue weighted by atomic mass is 35.5. The van der Waals surface area contributed by atoms with E-state index in [1.165, 1.54) is 0 Å². The molecule has 1 N–H and O–H groups in total. The van der Waals surface area contributed by atoms with Gasteiger partial charge in [-0.25, -0.2) is 4.68 Å². The maximum atomic E-state index is 6.52. The molecular weight excluding hydrogens is 425 g/mol. The van der Waals surface area contributed by atoms with E-state index in [9.17, 15) is 0 Å². The molecule has 0 spiro atoms. The number of anilines is 1. The monoisotopic (exact) mass is 447 g/mol. The number of benzene rings is 2. The van der Waals surface area contributed by atoms with E-state index in [-0.39, 0.29) is 0 Å². The predicted molar refractivity (Wildman–Crippen MR) is 120 cm³/mol. The second-order valence-corrected chi connectivity index (χ2v) is 7.74. The van der Waals surface area contributed by atoms with Crippen molar-refractivity contribution in [2.45, 2.75) is 19.3 Å². The van der Waals surface area contributed by atoms with Gasteiger partial charge in [0.1, 0.15) is 5.82 Å². The van der Waals surface area contributed by atoms with Crippen LogP contribution in [0, 0.1) is 0 Å². The number of hydrogen-bond acceptors (Lipinski definition) is 5. The van der Waals surface area contributed by atoms with E-state index in [1.54, 1.807) is 27.4 Å². The van der Waals surface area contributed by atoms with Crippen LogP contribution in [0.2, 0.25) is 10.0 Å². The third kappa shape index (κ3) is 3.55. The molecule has 0 fully saturated rings. The van der Waals surface area contributed by atoms with Crippen molar-refractivity contribution in [2.24, 2.45) is 0 Å². The Labute approximate surface area is 185 Å². The van der Waals surface area contributed by atoms with Crippen LogP contribution in [0.15, 0.2) is 30.3 Å². The highest BCUT2D eigenvalue weighted by Crippen LogP contribution is 2.44. The first kappa shape index (κ1) is 20.7. The number of fused-ring (bicyclic) bond motifs is 1. The number of aromatic nitrogens is 2. The largest absolute Gasteiger partial charge is 0.493 e. The number of nitrogens with zero attached hydrogens (tertiary/aromatic N) is 2. The third-order valence-corrected chi connectivity index (χ3v) is 6.04. The van der Waals surface area contributed by atoms with Crippen LogP contribution >= 0.6 is 23.2 Å². The topological polar surface area (TPSA) is 57.5 Å². The molecule has 0 saturated heterocycles. The van der Waals surface area contributed by atoms with Crippen LogP contribution in [0.3, 0.4) is 0 Å². The van der Waals surface area contributed by atoms with Gasteiger partial charge in [-0.05, 0) is 43.5 Å². The van der Waals surface area contributed by atoms with Gasteiger partial charge in [0, 0.05) is 17.7 Å². The van der Waals surface area contributed by atoms with Gasteiger partial charge in [-0.2, -0.15) is 5.10 Å². The minimum atomic E-state index is 0.465. The minimum absolute atomic E-state index is 0.465. The first-order valence-corrected chi connectivity index (χ1v) is 10.4. The Morgan fingerprint density at radius 2 is 1.73 bits per heavy atom. The number of ether oxygens (including phenoxy) is 3. The lowest BCUT2D eigenvalue weighted by molar-refractivity contribution is 0.324. The zero-order valence-electron chi connectivity index (χ0n) is 17.1. The van der Waals surface area contributed by atoms with Gasteiger partial charge < -0.3 is 19.5 Å². The van der Waals surface area contributed by atoms with Crippen molar-refractivity contribution in [2.75, 3.05) is 33.2 Å². The van der Waals surface area contributed by atoms with E-state index in [0.717, 1.165) is 54.1 Å². The van der Waals surface area contributed by atoms with Crippen molar-refractivity contribution in [1.82, 2.24) is 9.78 Å². The summed E-state index contributed by atoms with van der Waals surface area (Å²) >= 11 is 12.8. The predicted octanol–water partition coefficient (Wildman–Crippen LogP) is 5.62. The quantitative estimate of drug-likeness (QED) is 0.549. The standard InChI is InChI=1S/C22H23Cl2N3O3/c1-28-17-11-13(12-18(29-2)21(17)30-3)20-14-7-4-5-10-25-22(14)27(26-20)16-9-6-8-15(23)19(16)24/h6,8-9,11-12,25H,4-5,7,10H2,1-3H3. The fraction of sp³-hybridized carbons (Fsp3) is 0.318. The molecule has 30 heavy (non-hydrogen) atoms. The van der Waals surface area contributed by atoms with Crippen LogP contribution in [-0.4, -0.2) is 37.7 Å². The lowest BCUT2D eigenvalue weighted by Gasteiger charge is -2.14. The molecule has 0 unspecified atom stereocenters. The van der Waals surface area contributed by atoms with Gasteiger partial charge in [0.05, 0.1) is 42.8 Å². The summed E-state index contributed by atoms with van der Waals surface area (Å²) in [5.41, 5.74) is 3.57. The zero-order chi connectivity index (χ0) is 21.3. The van der Waals surface area contributed by atoms with Crippen LogP contribution in [0.4, 0.5) is 5.82 Å². The third-order valence-electron chi connectivity index (χ3n) is 5.23. The molecule has 0 atom stereocenters. The fourth-order valence-corrected chi connectivity index (χ4v) is 4.16. The maximum Gasteiger partial charge on any atom is 0.203 e. The van der Waals surface area contributed by atoms with Crippen LogP contribution in [0.5, 0.6) is 17.2 Å². The van der Waals surface area contributed by atoms with Gasteiger partial charge in [0.2, 0.25) is 5.75 Å². The molecule has 1 aliphatic rings. The number of nitrogens with one attached hydrogen (secondary N) is 1. The molecule has 2 heterocycles. The molecular formula is C22H23Cl2N3O3. The van der Waals surface area contributed by atoms with Gasteiger partial charge in [0.15, 0.2) is 11.5 Å². The molecule has 0 radical (unpaired) electrons. The average molecular weight is 448 g/mol. The summed E-state index contributed by atoms with van der Waals surface area (Å²) < 4.78 is 18.4. The van der Waals surface area contributed by atoms with E-state index in [0.29, 0.717) is 27.3 Å². The number of hydrogen-bond donors (Lipinski definition) is 1. The van der Waals surface area contributed by atoms with Gasteiger partial charge in [-0.15, -0.1) is 0 Å². The first-order valence-electron chi connectivity index (χ1n) is 9.69. The molecule has 1 aliphatic heterocycles. The van der Waals surface area contributed by atoms with E-state index in [1.807, 2.05) is 28.9 Å². The first-order chi connectivity index (χ1) is 14.6. The van der Waals surface area contributed by atoms with Crippen molar-refractivity contribution in [1.29, 1.82) is 0 Å². The summed E-state index contributed by atoms with van der Waals surface area (Å²) in [6.45, 7) is 0.867. The Hall–Kier alpha value is -2.57. The SMILES string of the molecule is COc1cc(-c2nn(-c3cccc(Cl)c3Cl)c3c2CCCCN3)cc(OC)c1OC. The van der Waals surface area contributed by atoms with Crippen molar-refractivity contribution < 1.29 is 14.2 Å². The van der Waals surface area contributed by atoms with Crippen molar-refractivity contribution in [3.05, 3.63) is 45.9 Å². The van der Waals surface area contributed by atoms with Crippen molar-refractivity contribution >= 4 is 29.0 Å². The normalized spacial score (nSPS) is 13.2. The Kier molecular flexibility index (Phi) is 5.97. The molecule has 8 heteroatoms. The lowest BCUT2D eigenvalue weighted by Crippen LogP contribution is -2.07. The molecule has 0 amide bonds. The molecule has 4 rings (SSSR count).